The van der Waals surface area contributed by atoms with E-state index in [2.05, 4.69) is 6.58 Å². The van der Waals surface area contributed by atoms with Crippen molar-refractivity contribution in [3.8, 4) is 0 Å². The average molecular weight is 192 g/mol. The van der Waals surface area contributed by atoms with Crippen LogP contribution in [0.25, 0.3) is 0 Å². The van der Waals surface area contributed by atoms with Crippen molar-refractivity contribution in [3.05, 3.63) is 46.4 Å². The van der Waals surface area contributed by atoms with Gasteiger partial charge in [0.2, 0.25) is 0 Å². The molecule has 0 N–H and O–H groups in total. The minimum absolute atomic E-state index is 0.256. The third-order valence-electron chi connectivity index (χ3n) is 1.00. The molecular weight excluding hydrogens is 185 g/mol. The van der Waals surface area contributed by atoms with E-state index in [1.165, 1.54) is 0 Å². The van der Waals surface area contributed by atoms with Crippen LogP contribution in [0, 0.1) is 10.1 Å². The Morgan fingerprint density at radius 3 is 2.58 bits per heavy atom. The zero-order valence-electron chi connectivity index (χ0n) is 6.17. The zero-order valence-corrected chi connectivity index (χ0v) is 6.92. The van der Waals surface area contributed by atoms with Crippen LogP contribution >= 0.6 is 11.6 Å². The Morgan fingerprint density at radius 1 is 1.67 bits per heavy atom. The van der Waals surface area contributed by atoms with Gasteiger partial charge in [-0.25, -0.2) is 4.39 Å². The van der Waals surface area contributed by atoms with Crippen molar-refractivity contribution in [3.63, 3.8) is 0 Å². The number of allylic oxidation sites excluding steroid dienone is 5. The van der Waals surface area contributed by atoms with Crippen LogP contribution in [-0.2, 0) is 0 Å². The quantitative estimate of drug-likeness (QED) is 0.296. The van der Waals surface area contributed by atoms with E-state index >= 15 is 0 Å². The molecular formula is C7H7ClFNO2. The summed E-state index contributed by atoms with van der Waals surface area (Å²) >= 11 is 5.20. The van der Waals surface area contributed by atoms with Gasteiger partial charge in [-0.2, -0.15) is 0 Å². The molecule has 0 radical (unpaired) electrons. The minimum Gasteiger partial charge on any atom is -0.259 e. The van der Waals surface area contributed by atoms with Gasteiger partial charge in [0.05, 0.1) is 4.92 Å². The first-order chi connectivity index (χ1) is 5.61. The number of nitro groups is 1. The second kappa shape index (κ2) is 5.49. The Morgan fingerprint density at radius 2 is 2.25 bits per heavy atom. The molecule has 0 heterocycles. The van der Waals surface area contributed by atoms with E-state index in [4.69, 9.17) is 11.6 Å². The molecule has 3 nitrogen and oxygen atoms in total. The van der Waals surface area contributed by atoms with Crippen LogP contribution in [0.1, 0.15) is 0 Å². The van der Waals surface area contributed by atoms with E-state index in [1.807, 2.05) is 0 Å². The van der Waals surface area contributed by atoms with E-state index < -0.39 is 10.8 Å². The van der Waals surface area contributed by atoms with Gasteiger partial charge in [-0.3, -0.25) is 10.1 Å². The van der Waals surface area contributed by atoms with Crippen molar-refractivity contribution in [2.75, 3.05) is 5.88 Å². The topological polar surface area (TPSA) is 43.1 Å². The lowest BCUT2D eigenvalue weighted by atomic mass is 10.4. The summed E-state index contributed by atoms with van der Waals surface area (Å²) in [4.78, 5) is 9.44. The van der Waals surface area contributed by atoms with Crippen LogP contribution < -0.4 is 0 Å². The first-order valence-corrected chi connectivity index (χ1v) is 3.54. The molecule has 0 bridgehead atoms. The summed E-state index contributed by atoms with van der Waals surface area (Å²) in [5, 5.41) is 10.1. The average Bonchev–Trinajstić information content (AvgIpc) is 2.04. The lowest BCUT2D eigenvalue weighted by Gasteiger charge is -1.88. The maximum atomic E-state index is 12.3. The second-order valence-corrected chi connectivity index (χ2v) is 2.07. The molecule has 0 amide bonds. The molecule has 0 saturated heterocycles. The highest BCUT2D eigenvalue weighted by atomic mass is 35.5. The van der Waals surface area contributed by atoms with Crippen molar-refractivity contribution in [1.82, 2.24) is 0 Å². The minimum atomic E-state index is -0.667. The van der Waals surface area contributed by atoms with Gasteiger partial charge in [-0.1, -0.05) is 6.58 Å². The predicted molar refractivity (Wildman–Crippen MR) is 45.2 cm³/mol. The fourth-order valence-corrected chi connectivity index (χ4v) is 0.585. The van der Waals surface area contributed by atoms with Crippen LogP contribution in [0.4, 0.5) is 4.39 Å². The van der Waals surface area contributed by atoms with Crippen molar-refractivity contribution >= 4 is 11.6 Å². The highest BCUT2D eigenvalue weighted by Crippen LogP contribution is 2.02. The molecule has 0 saturated carbocycles. The third-order valence-corrected chi connectivity index (χ3v) is 1.28. The Hall–Kier alpha value is -1.16. The first-order valence-electron chi connectivity index (χ1n) is 3.01. The Bertz CT molecular complexity index is 248. The Labute approximate surface area is 74.0 Å². The first kappa shape index (κ1) is 10.8. The maximum Gasteiger partial charge on any atom is 0.260 e. The fourth-order valence-electron chi connectivity index (χ4n) is 0.398. The lowest BCUT2D eigenvalue weighted by molar-refractivity contribution is -0.423. The number of rotatable bonds is 4. The summed E-state index contributed by atoms with van der Waals surface area (Å²) in [5.41, 5.74) is -0.256. The van der Waals surface area contributed by atoms with Crippen LogP contribution in [0.15, 0.2) is 36.3 Å². The molecule has 0 aliphatic rings. The van der Waals surface area contributed by atoms with Gasteiger partial charge in [-0.05, 0) is 12.2 Å². The maximum absolute atomic E-state index is 12.3. The highest BCUT2D eigenvalue weighted by Gasteiger charge is 2.05. The van der Waals surface area contributed by atoms with E-state index in [0.717, 1.165) is 18.2 Å². The number of hydrogen-bond donors (Lipinski definition) is 0. The summed E-state index contributed by atoms with van der Waals surface area (Å²) in [6, 6.07) is 0. The monoisotopic (exact) mass is 191 g/mol. The molecule has 0 aromatic rings. The highest BCUT2D eigenvalue weighted by molar-refractivity contribution is 6.19. The SMILES string of the molecule is C=C/C(F)=C\C=C(/CCl)[N+](=O)[O-]. The normalized spacial score (nSPS) is 12.8. The summed E-state index contributed by atoms with van der Waals surface area (Å²) in [6.45, 7) is 3.13. The van der Waals surface area contributed by atoms with Crippen LogP contribution in [0.2, 0.25) is 0 Å². The van der Waals surface area contributed by atoms with Crippen LogP contribution in [0.3, 0.4) is 0 Å². The van der Waals surface area contributed by atoms with Crippen molar-refractivity contribution in [2.45, 2.75) is 0 Å². The molecule has 66 valence electrons. The van der Waals surface area contributed by atoms with Crippen LogP contribution in [-0.4, -0.2) is 10.8 Å². The summed E-state index contributed by atoms with van der Waals surface area (Å²) in [6.07, 6.45) is 2.89. The molecule has 0 atom stereocenters. The van der Waals surface area contributed by atoms with Gasteiger partial charge in [0.25, 0.3) is 5.70 Å². The summed E-state index contributed by atoms with van der Waals surface area (Å²) in [5.74, 6) is -0.895. The van der Waals surface area contributed by atoms with Gasteiger partial charge >= 0.3 is 0 Å². The molecule has 0 spiro atoms. The van der Waals surface area contributed by atoms with Crippen molar-refractivity contribution < 1.29 is 9.31 Å². The van der Waals surface area contributed by atoms with E-state index in [1.54, 1.807) is 0 Å². The molecule has 5 heteroatoms. The predicted octanol–water partition coefficient (Wildman–Crippen LogP) is 2.43. The largest absolute Gasteiger partial charge is 0.260 e. The zero-order chi connectivity index (χ0) is 9.56. The van der Waals surface area contributed by atoms with Gasteiger partial charge < -0.3 is 0 Å². The molecule has 0 aliphatic carbocycles. The fraction of sp³-hybridized carbons (Fsp3) is 0.143. The number of halogens is 2. The smallest absolute Gasteiger partial charge is 0.259 e. The molecule has 0 unspecified atom stereocenters. The third kappa shape index (κ3) is 3.88. The van der Waals surface area contributed by atoms with Gasteiger partial charge in [0, 0.05) is 6.08 Å². The van der Waals surface area contributed by atoms with Crippen molar-refractivity contribution in [2.24, 2.45) is 0 Å². The molecule has 0 aromatic carbocycles. The molecule has 0 fully saturated rings. The van der Waals surface area contributed by atoms with Gasteiger partial charge in [0.1, 0.15) is 11.7 Å². The summed E-state index contributed by atoms with van der Waals surface area (Å²) in [7, 11) is 0. The second-order valence-electron chi connectivity index (χ2n) is 1.80. The number of hydrogen-bond acceptors (Lipinski definition) is 2. The molecule has 12 heavy (non-hydrogen) atoms. The lowest BCUT2D eigenvalue weighted by Crippen LogP contribution is -1.98. The Balaban J connectivity index is 4.51. The number of nitrogens with zero attached hydrogens (tertiary/aromatic N) is 1. The van der Waals surface area contributed by atoms with E-state index in [0.29, 0.717) is 0 Å². The Kier molecular flexibility index (Phi) is 4.96. The van der Waals surface area contributed by atoms with Gasteiger partial charge in [-0.15, -0.1) is 11.6 Å². The van der Waals surface area contributed by atoms with Crippen LogP contribution in [0.5, 0.6) is 0 Å². The number of alkyl halides is 1. The van der Waals surface area contributed by atoms with E-state index in [-0.39, 0.29) is 11.6 Å². The molecule has 0 aromatic heterocycles. The standard InChI is InChI=1S/C7H7ClFNO2/c1-2-6(9)3-4-7(5-8)10(11)12/h2-4H,1,5H2/b6-3+,7-4+. The molecule has 0 rings (SSSR count). The van der Waals surface area contributed by atoms with E-state index in [9.17, 15) is 14.5 Å². The summed E-state index contributed by atoms with van der Waals surface area (Å²) < 4.78 is 12.3. The van der Waals surface area contributed by atoms with Crippen molar-refractivity contribution in [1.29, 1.82) is 0 Å². The molecule has 0 aliphatic heterocycles. The van der Waals surface area contributed by atoms with Gasteiger partial charge in [0.15, 0.2) is 0 Å².